The largest absolute Gasteiger partial charge is 0.389 e. The van der Waals surface area contributed by atoms with Crippen LogP contribution in [0.1, 0.15) is 5.01 Å². The molecular weight excluding hydrogens is 172 g/mol. The molecule has 0 amide bonds. The van der Waals surface area contributed by atoms with Crippen molar-refractivity contribution in [2.45, 2.75) is 6.61 Å². The Balaban J connectivity index is 2.35. The van der Waals surface area contributed by atoms with Crippen LogP contribution in [0.25, 0.3) is 11.3 Å². The lowest BCUT2D eigenvalue weighted by atomic mass is 10.3. The van der Waals surface area contributed by atoms with E-state index in [1.165, 1.54) is 11.3 Å². The van der Waals surface area contributed by atoms with Gasteiger partial charge in [0.2, 0.25) is 0 Å². The fourth-order valence-electron chi connectivity index (χ4n) is 0.999. The fourth-order valence-corrected chi connectivity index (χ4v) is 1.66. The Labute approximate surface area is 73.7 Å². The van der Waals surface area contributed by atoms with Crippen molar-refractivity contribution in [3.05, 3.63) is 28.8 Å². The van der Waals surface area contributed by atoms with Gasteiger partial charge in [0.15, 0.2) is 0 Å². The van der Waals surface area contributed by atoms with Gasteiger partial charge in [-0.25, -0.2) is 4.98 Å². The number of rotatable bonds is 2. The van der Waals surface area contributed by atoms with Gasteiger partial charge in [0, 0.05) is 23.3 Å². The number of nitrogens with zero attached hydrogens (tertiary/aromatic N) is 1. The molecule has 2 heterocycles. The Morgan fingerprint density at radius 3 is 3.08 bits per heavy atom. The maximum Gasteiger partial charge on any atom is 0.119 e. The van der Waals surface area contributed by atoms with Crippen molar-refractivity contribution >= 4 is 11.3 Å². The molecule has 2 aromatic heterocycles. The van der Waals surface area contributed by atoms with E-state index in [-0.39, 0.29) is 6.61 Å². The molecule has 0 aliphatic heterocycles. The zero-order valence-electron chi connectivity index (χ0n) is 6.32. The van der Waals surface area contributed by atoms with Gasteiger partial charge in [-0.1, -0.05) is 0 Å². The Bertz CT molecular complexity index is 353. The number of thiazole rings is 1. The topological polar surface area (TPSA) is 48.9 Å². The molecule has 0 unspecified atom stereocenters. The Kier molecular flexibility index (Phi) is 1.93. The zero-order chi connectivity index (χ0) is 8.39. The van der Waals surface area contributed by atoms with Crippen LogP contribution in [0, 0.1) is 0 Å². The van der Waals surface area contributed by atoms with Crippen molar-refractivity contribution in [3.8, 4) is 11.3 Å². The van der Waals surface area contributed by atoms with Gasteiger partial charge in [0.1, 0.15) is 5.01 Å². The van der Waals surface area contributed by atoms with E-state index in [0.717, 1.165) is 16.3 Å². The summed E-state index contributed by atoms with van der Waals surface area (Å²) in [7, 11) is 0. The maximum absolute atomic E-state index is 8.79. The second-order valence-electron chi connectivity index (χ2n) is 2.38. The highest BCUT2D eigenvalue weighted by Gasteiger charge is 2.02. The van der Waals surface area contributed by atoms with Gasteiger partial charge in [0.25, 0.3) is 0 Å². The molecule has 0 fully saturated rings. The van der Waals surface area contributed by atoms with E-state index in [1.807, 2.05) is 23.8 Å². The summed E-state index contributed by atoms with van der Waals surface area (Å²) < 4.78 is 0. The third kappa shape index (κ3) is 1.26. The van der Waals surface area contributed by atoms with Crippen LogP contribution in [0.3, 0.4) is 0 Å². The quantitative estimate of drug-likeness (QED) is 0.738. The van der Waals surface area contributed by atoms with Crippen LogP contribution in [0.4, 0.5) is 0 Å². The highest BCUT2D eigenvalue weighted by molar-refractivity contribution is 7.09. The first-order chi connectivity index (χ1) is 5.90. The van der Waals surface area contributed by atoms with E-state index >= 15 is 0 Å². The van der Waals surface area contributed by atoms with E-state index in [1.54, 1.807) is 0 Å². The number of aliphatic hydroxyl groups is 1. The van der Waals surface area contributed by atoms with Gasteiger partial charge in [-0.2, -0.15) is 0 Å². The van der Waals surface area contributed by atoms with Crippen LogP contribution < -0.4 is 0 Å². The number of hydrogen-bond acceptors (Lipinski definition) is 3. The molecule has 0 bridgehead atoms. The second kappa shape index (κ2) is 3.08. The van der Waals surface area contributed by atoms with E-state index in [9.17, 15) is 0 Å². The van der Waals surface area contributed by atoms with Crippen LogP contribution in [0.15, 0.2) is 23.8 Å². The van der Waals surface area contributed by atoms with E-state index in [2.05, 4.69) is 9.97 Å². The van der Waals surface area contributed by atoms with Crippen LogP contribution in [0.2, 0.25) is 0 Å². The summed E-state index contributed by atoms with van der Waals surface area (Å²) in [5.74, 6) is 0. The first kappa shape index (κ1) is 7.52. The highest BCUT2D eigenvalue weighted by Crippen LogP contribution is 2.20. The number of aliphatic hydroxyl groups excluding tert-OH is 1. The summed E-state index contributed by atoms with van der Waals surface area (Å²) in [5.41, 5.74) is 1.98. The van der Waals surface area contributed by atoms with Crippen molar-refractivity contribution < 1.29 is 5.11 Å². The summed E-state index contributed by atoms with van der Waals surface area (Å²) in [5, 5.41) is 11.5. The summed E-state index contributed by atoms with van der Waals surface area (Å²) >= 11 is 1.47. The minimum Gasteiger partial charge on any atom is -0.389 e. The van der Waals surface area contributed by atoms with Crippen LogP contribution in [-0.4, -0.2) is 15.1 Å². The van der Waals surface area contributed by atoms with Gasteiger partial charge < -0.3 is 10.1 Å². The van der Waals surface area contributed by atoms with Crippen molar-refractivity contribution in [2.75, 3.05) is 0 Å². The second-order valence-corrected chi connectivity index (χ2v) is 3.33. The Hall–Kier alpha value is -1.13. The van der Waals surface area contributed by atoms with Crippen LogP contribution in [-0.2, 0) is 6.61 Å². The molecule has 2 rings (SSSR count). The lowest BCUT2D eigenvalue weighted by molar-refractivity contribution is 0.281. The molecular formula is C8H8N2OS. The van der Waals surface area contributed by atoms with Crippen molar-refractivity contribution in [2.24, 2.45) is 0 Å². The smallest absolute Gasteiger partial charge is 0.119 e. The average molecular weight is 180 g/mol. The molecule has 0 spiro atoms. The van der Waals surface area contributed by atoms with E-state index in [0.29, 0.717) is 0 Å². The maximum atomic E-state index is 8.79. The predicted octanol–water partition coefficient (Wildman–Crippen LogP) is 1.63. The normalized spacial score (nSPS) is 10.4. The first-order valence-corrected chi connectivity index (χ1v) is 4.46. The molecule has 12 heavy (non-hydrogen) atoms. The lowest BCUT2D eigenvalue weighted by Gasteiger charge is -1.86. The van der Waals surface area contributed by atoms with Crippen LogP contribution in [0.5, 0.6) is 0 Å². The van der Waals surface area contributed by atoms with Crippen molar-refractivity contribution in [1.29, 1.82) is 0 Å². The number of H-pyrrole nitrogens is 1. The van der Waals surface area contributed by atoms with Crippen molar-refractivity contribution in [1.82, 2.24) is 9.97 Å². The molecule has 0 aromatic carbocycles. The minimum absolute atomic E-state index is 0.0229. The number of nitrogens with one attached hydrogen (secondary N) is 1. The number of hydrogen-bond donors (Lipinski definition) is 2. The standard InChI is InChI=1S/C8H8N2OS/c11-4-8-10-7(5-12-8)6-1-2-9-3-6/h1-3,5,9,11H,4H2. The Morgan fingerprint density at radius 2 is 2.50 bits per heavy atom. The molecule has 2 aromatic rings. The van der Waals surface area contributed by atoms with Gasteiger partial charge >= 0.3 is 0 Å². The fraction of sp³-hybridized carbons (Fsp3) is 0.125. The molecule has 0 radical (unpaired) electrons. The lowest BCUT2D eigenvalue weighted by Crippen LogP contribution is -1.80. The molecule has 0 saturated carbocycles. The molecule has 62 valence electrons. The van der Waals surface area contributed by atoms with Gasteiger partial charge in [0.05, 0.1) is 12.3 Å². The molecule has 3 nitrogen and oxygen atoms in total. The van der Waals surface area contributed by atoms with Gasteiger partial charge in [-0.15, -0.1) is 11.3 Å². The molecule has 0 aliphatic carbocycles. The monoisotopic (exact) mass is 180 g/mol. The molecule has 0 saturated heterocycles. The van der Waals surface area contributed by atoms with E-state index < -0.39 is 0 Å². The van der Waals surface area contributed by atoms with E-state index in [4.69, 9.17) is 5.11 Å². The van der Waals surface area contributed by atoms with Gasteiger partial charge in [-0.05, 0) is 6.07 Å². The van der Waals surface area contributed by atoms with Gasteiger partial charge in [-0.3, -0.25) is 0 Å². The van der Waals surface area contributed by atoms with Crippen molar-refractivity contribution in [3.63, 3.8) is 0 Å². The predicted molar refractivity (Wildman–Crippen MR) is 47.8 cm³/mol. The Morgan fingerprint density at radius 1 is 1.58 bits per heavy atom. The molecule has 2 N–H and O–H groups in total. The third-order valence-corrected chi connectivity index (χ3v) is 2.41. The third-order valence-electron chi connectivity index (χ3n) is 1.58. The molecule has 0 atom stereocenters. The number of aromatic amines is 1. The SMILES string of the molecule is OCc1nc(-c2cc[nH]c2)cs1. The average Bonchev–Trinajstić information content (AvgIpc) is 2.75. The number of aromatic nitrogens is 2. The first-order valence-electron chi connectivity index (χ1n) is 3.58. The molecule has 0 aliphatic rings. The highest BCUT2D eigenvalue weighted by atomic mass is 32.1. The summed E-state index contributed by atoms with van der Waals surface area (Å²) in [4.78, 5) is 7.18. The summed E-state index contributed by atoms with van der Waals surface area (Å²) in [6.45, 7) is 0.0229. The zero-order valence-corrected chi connectivity index (χ0v) is 7.14. The summed E-state index contributed by atoms with van der Waals surface area (Å²) in [6, 6.07) is 1.95. The molecule has 4 heteroatoms. The minimum atomic E-state index is 0.0229. The summed E-state index contributed by atoms with van der Waals surface area (Å²) in [6.07, 6.45) is 3.74. The van der Waals surface area contributed by atoms with Crippen LogP contribution >= 0.6 is 11.3 Å².